The molecule has 4 nitrogen and oxygen atoms in total. The van der Waals surface area contributed by atoms with Gasteiger partial charge in [-0.25, -0.2) is 8.42 Å². The van der Waals surface area contributed by atoms with Crippen LogP contribution in [0.15, 0.2) is 0 Å². The van der Waals surface area contributed by atoms with Gasteiger partial charge in [-0.3, -0.25) is 0 Å². The molecule has 0 aromatic heterocycles. The Balaban J connectivity index is 0. The van der Waals surface area contributed by atoms with E-state index in [1.807, 2.05) is 0 Å². The largest absolute Gasteiger partial charge is 1.00 e. The predicted molar refractivity (Wildman–Crippen MR) is 19.4 cm³/mol. The van der Waals surface area contributed by atoms with Crippen molar-refractivity contribution in [3.63, 3.8) is 0 Å². The number of rotatable bonds is 2. The van der Waals surface area contributed by atoms with Crippen molar-refractivity contribution in [2.24, 2.45) is 0 Å². The Bertz CT molecular complexity index is 127. The zero-order chi connectivity index (χ0) is 5.91. The molecule has 44 valence electrons. The van der Waals surface area contributed by atoms with Gasteiger partial charge in [0.25, 0.3) is 0 Å². The molecule has 0 amide bonds. The van der Waals surface area contributed by atoms with Crippen LogP contribution >= 0.6 is 0 Å². The molecule has 8 heavy (non-hydrogen) atoms. The molecule has 0 aromatic carbocycles. The zero-order valence-corrected chi connectivity index (χ0v) is 7.27. The second kappa shape index (κ2) is 4.72. The van der Waals surface area contributed by atoms with Gasteiger partial charge in [0.15, 0.2) is 0 Å². The van der Waals surface area contributed by atoms with Crippen molar-refractivity contribution < 1.29 is 47.6 Å². The first-order valence-corrected chi connectivity index (χ1v) is 3.15. The van der Waals surface area contributed by atoms with Crippen LogP contribution < -0.4 is 34.7 Å². The summed E-state index contributed by atoms with van der Waals surface area (Å²) in [6.07, 6.45) is 0. The second-order valence-electron chi connectivity index (χ2n) is 0.966. The van der Waals surface area contributed by atoms with Gasteiger partial charge in [0.1, 0.15) is 0 Å². The van der Waals surface area contributed by atoms with Crippen LogP contribution in [0, 0.1) is 0 Å². The Morgan fingerprint density at radius 3 is 1.75 bits per heavy atom. The van der Waals surface area contributed by atoms with Gasteiger partial charge >= 0.3 is 29.6 Å². The smallest absolute Gasteiger partial charge is 0.854 e. The number of hydrogen-bond donors (Lipinski definition) is 0. The van der Waals surface area contributed by atoms with Crippen molar-refractivity contribution in [3.05, 3.63) is 0 Å². The van der Waals surface area contributed by atoms with Crippen LogP contribution in [0.1, 0.15) is 0 Å². The fourth-order valence-electron chi connectivity index (χ4n) is 0.102. The minimum atomic E-state index is -4.24. The molecule has 0 aliphatic carbocycles. The van der Waals surface area contributed by atoms with Crippen LogP contribution in [0.2, 0.25) is 0 Å². The monoisotopic (exact) mass is 147 g/mol. The Hall–Kier alpha value is 0.870. The molecule has 0 fully saturated rings. The third-order valence-corrected chi connectivity index (χ3v) is 1.000. The van der Waals surface area contributed by atoms with Crippen molar-refractivity contribution >= 4 is 10.1 Å². The van der Waals surface area contributed by atoms with Crippen molar-refractivity contribution in [2.45, 2.75) is 0 Å². The molecule has 0 atom stereocenters. The molecule has 0 saturated carbocycles. The molecule has 0 spiro atoms. The molecule has 0 aromatic rings. The van der Waals surface area contributed by atoms with Gasteiger partial charge in [-0.1, -0.05) is 0 Å². The molecule has 0 unspecified atom stereocenters. The maximum atomic E-state index is 9.48. The average Bonchev–Trinajstić information content (AvgIpc) is 1.30. The normalized spacial score (nSPS) is 10.2. The van der Waals surface area contributed by atoms with E-state index in [1.54, 1.807) is 0 Å². The Kier molecular flexibility index (Phi) is 6.87. The predicted octanol–water partition coefficient (Wildman–Crippen LogP) is -5.10. The topological polar surface area (TPSA) is 80.3 Å². The van der Waals surface area contributed by atoms with Crippen LogP contribution in [-0.2, 0) is 10.1 Å². The van der Waals surface area contributed by atoms with E-state index >= 15 is 0 Å². The standard InChI is InChI=1S/C2H5O4S.Na/c3-1-2-7(4,5)6;/h1-2H2,(H,4,5,6);/q-1;+1/p-1. The summed E-state index contributed by atoms with van der Waals surface area (Å²) >= 11 is 0. The van der Waals surface area contributed by atoms with Crippen molar-refractivity contribution in [2.75, 3.05) is 12.4 Å². The maximum absolute atomic E-state index is 9.48. The van der Waals surface area contributed by atoms with E-state index in [1.165, 1.54) is 0 Å². The first kappa shape index (κ1) is 11.6. The Morgan fingerprint density at radius 1 is 1.38 bits per heavy atom. The fourth-order valence-corrected chi connectivity index (χ4v) is 0.306. The summed E-state index contributed by atoms with van der Waals surface area (Å²) in [7, 11) is -4.24. The molecule has 0 heterocycles. The SMILES string of the molecule is O=S(=O)([O-])CC[O-].[Na+]. The summed E-state index contributed by atoms with van der Waals surface area (Å²) in [5.41, 5.74) is 0. The van der Waals surface area contributed by atoms with Crippen LogP contribution in [0.3, 0.4) is 0 Å². The quantitative estimate of drug-likeness (QED) is 0.289. The molecule has 6 heteroatoms. The zero-order valence-electron chi connectivity index (χ0n) is 4.46. The first-order valence-electron chi connectivity index (χ1n) is 1.58. The second-order valence-corrected chi connectivity index (χ2v) is 2.49. The maximum Gasteiger partial charge on any atom is 1.00 e. The minimum Gasteiger partial charge on any atom is -0.854 e. The molecule has 0 N–H and O–H groups in total. The molecule has 0 radical (unpaired) electrons. The van der Waals surface area contributed by atoms with E-state index in [4.69, 9.17) is 0 Å². The number of hydrogen-bond acceptors (Lipinski definition) is 4. The molecular formula is C2H4NaO4S-. The Labute approximate surface area is 69.9 Å². The average molecular weight is 147 g/mol. The summed E-state index contributed by atoms with van der Waals surface area (Å²) < 4.78 is 28.4. The first-order chi connectivity index (χ1) is 3.06. The van der Waals surface area contributed by atoms with E-state index < -0.39 is 22.5 Å². The van der Waals surface area contributed by atoms with Gasteiger partial charge in [-0.2, -0.15) is 0 Å². The summed E-state index contributed by atoms with van der Waals surface area (Å²) in [4.78, 5) is 0. The van der Waals surface area contributed by atoms with Gasteiger partial charge < -0.3 is 9.66 Å². The fraction of sp³-hybridized carbons (Fsp3) is 1.00. The van der Waals surface area contributed by atoms with Crippen LogP contribution in [0.4, 0.5) is 0 Å². The summed E-state index contributed by atoms with van der Waals surface area (Å²) in [5, 5.41) is 9.37. The van der Waals surface area contributed by atoms with Gasteiger partial charge in [0.05, 0.1) is 10.1 Å². The minimum absolute atomic E-state index is 0. The molecule has 0 saturated heterocycles. The van der Waals surface area contributed by atoms with Gasteiger partial charge in [0.2, 0.25) is 0 Å². The van der Waals surface area contributed by atoms with Gasteiger partial charge in [-0.15, -0.1) is 6.61 Å². The van der Waals surface area contributed by atoms with Crippen LogP contribution in [-0.4, -0.2) is 25.3 Å². The van der Waals surface area contributed by atoms with E-state index in [0.717, 1.165) is 0 Å². The van der Waals surface area contributed by atoms with Gasteiger partial charge in [0, 0.05) is 5.75 Å². The van der Waals surface area contributed by atoms with Crippen LogP contribution in [0.25, 0.3) is 0 Å². The van der Waals surface area contributed by atoms with Gasteiger partial charge in [-0.05, 0) is 0 Å². The van der Waals surface area contributed by atoms with Crippen molar-refractivity contribution in [3.8, 4) is 0 Å². The molecular weight excluding hydrogens is 143 g/mol. The van der Waals surface area contributed by atoms with Crippen LogP contribution in [0.5, 0.6) is 0 Å². The summed E-state index contributed by atoms with van der Waals surface area (Å²) in [6.45, 7) is -0.841. The van der Waals surface area contributed by atoms with E-state index in [9.17, 15) is 18.1 Å². The van der Waals surface area contributed by atoms with E-state index in [2.05, 4.69) is 0 Å². The van der Waals surface area contributed by atoms with Crippen molar-refractivity contribution in [1.29, 1.82) is 0 Å². The van der Waals surface area contributed by atoms with E-state index in [0.29, 0.717) is 0 Å². The van der Waals surface area contributed by atoms with E-state index in [-0.39, 0.29) is 29.6 Å². The molecule has 0 aliphatic heterocycles. The summed E-state index contributed by atoms with van der Waals surface area (Å²) in [6, 6.07) is 0. The third kappa shape index (κ3) is 9.98. The third-order valence-electron chi connectivity index (χ3n) is 0.333. The summed E-state index contributed by atoms with van der Waals surface area (Å²) in [5.74, 6) is -0.799. The molecule has 0 bridgehead atoms. The van der Waals surface area contributed by atoms with Crippen molar-refractivity contribution in [1.82, 2.24) is 0 Å². The molecule has 0 rings (SSSR count). The molecule has 0 aliphatic rings. The Morgan fingerprint density at radius 2 is 1.75 bits per heavy atom.